The summed E-state index contributed by atoms with van der Waals surface area (Å²) >= 11 is 0. The molecule has 2 rings (SSSR count). The Kier molecular flexibility index (Phi) is 12.5. The Morgan fingerprint density at radius 2 is 1.65 bits per heavy atom. The maximum absolute atomic E-state index is 11.8. The van der Waals surface area contributed by atoms with Crippen LogP contribution >= 0.6 is 0 Å². The van der Waals surface area contributed by atoms with Crippen LogP contribution in [0, 0.1) is 0 Å². The van der Waals surface area contributed by atoms with Crippen molar-refractivity contribution in [2.45, 2.75) is 71.1 Å². The van der Waals surface area contributed by atoms with Crippen LogP contribution in [-0.2, 0) is 4.84 Å². The summed E-state index contributed by atoms with van der Waals surface area (Å²) < 4.78 is 5.78. The van der Waals surface area contributed by atoms with Crippen LogP contribution in [0.3, 0.4) is 0 Å². The second-order valence-electron chi connectivity index (χ2n) is 7.58. The summed E-state index contributed by atoms with van der Waals surface area (Å²) in [6.45, 7) is 2.97. The largest absolute Gasteiger partial charge is 0.494 e. The minimum Gasteiger partial charge on any atom is -0.494 e. The number of carbonyl (C=O) groups excluding carboxylic acids is 1. The van der Waals surface area contributed by atoms with Crippen LogP contribution in [0.4, 0.5) is 10.5 Å². The number of unbranched alkanes of at least 4 members (excludes halogenated alkanes) is 9. The van der Waals surface area contributed by atoms with E-state index in [1.165, 1.54) is 64.0 Å². The summed E-state index contributed by atoms with van der Waals surface area (Å²) in [5, 5.41) is 6.27. The van der Waals surface area contributed by atoms with E-state index in [0.717, 1.165) is 17.7 Å². The number of hydrogen-bond acceptors (Lipinski definition) is 5. The van der Waals surface area contributed by atoms with E-state index in [4.69, 9.17) is 9.57 Å². The highest BCUT2D eigenvalue weighted by Crippen LogP contribution is 2.17. The summed E-state index contributed by atoms with van der Waals surface area (Å²) in [5.41, 5.74) is 1.37. The molecule has 0 aliphatic carbocycles. The predicted octanol–water partition coefficient (Wildman–Crippen LogP) is 6.96. The third kappa shape index (κ3) is 11.8. The fraction of sp³-hybridized carbons (Fsp3) is 0.480. The number of aromatic nitrogens is 1. The zero-order valence-corrected chi connectivity index (χ0v) is 18.6. The molecule has 0 radical (unpaired) electrons. The lowest BCUT2D eigenvalue weighted by atomic mass is 10.1. The molecule has 0 saturated heterocycles. The lowest BCUT2D eigenvalue weighted by Gasteiger charge is -2.08. The van der Waals surface area contributed by atoms with Gasteiger partial charge in [-0.05, 0) is 36.8 Å². The zero-order chi connectivity index (χ0) is 22.0. The van der Waals surface area contributed by atoms with Crippen molar-refractivity contribution in [1.82, 2.24) is 4.98 Å². The van der Waals surface area contributed by atoms with Crippen LogP contribution in [0.15, 0.2) is 53.9 Å². The van der Waals surface area contributed by atoms with Crippen molar-refractivity contribution in [3.8, 4) is 5.75 Å². The van der Waals surface area contributed by atoms with E-state index in [1.54, 1.807) is 30.6 Å². The van der Waals surface area contributed by atoms with Crippen molar-refractivity contribution in [1.29, 1.82) is 0 Å². The molecule has 0 saturated carbocycles. The van der Waals surface area contributed by atoms with E-state index < -0.39 is 6.09 Å². The van der Waals surface area contributed by atoms with Gasteiger partial charge in [-0.25, -0.2) is 4.79 Å². The van der Waals surface area contributed by atoms with Crippen molar-refractivity contribution >= 4 is 18.0 Å². The highest BCUT2D eigenvalue weighted by Gasteiger charge is 2.03. The molecule has 0 atom stereocenters. The lowest BCUT2D eigenvalue weighted by molar-refractivity contribution is 0.167. The summed E-state index contributed by atoms with van der Waals surface area (Å²) in [5.74, 6) is 0.796. The molecule has 0 fully saturated rings. The first-order chi connectivity index (χ1) is 15.3. The first-order valence-corrected chi connectivity index (χ1v) is 11.4. The third-order valence-electron chi connectivity index (χ3n) is 4.89. The van der Waals surface area contributed by atoms with Crippen molar-refractivity contribution in [2.24, 2.45) is 5.16 Å². The van der Waals surface area contributed by atoms with Gasteiger partial charge in [0.2, 0.25) is 0 Å². The van der Waals surface area contributed by atoms with Crippen molar-refractivity contribution in [3.63, 3.8) is 0 Å². The number of anilines is 1. The Bertz CT molecular complexity index is 748. The molecule has 0 unspecified atom stereocenters. The molecule has 1 amide bonds. The smallest absolute Gasteiger partial charge is 0.437 e. The van der Waals surface area contributed by atoms with Gasteiger partial charge in [0.25, 0.3) is 0 Å². The number of rotatable bonds is 15. The maximum atomic E-state index is 11.8. The van der Waals surface area contributed by atoms with Crippen molar-refractivity contribution < 1.29 is 14.4 Å². The van der Waals surface area contributed by atoms with Gasteiger partial charge < -0.3 is 4.74 Å². The fourth-order valence-corrected chi connectivity index (χ4v) is 3.14. The van der Waals surface area contributed by atoms with E-state index >= 15 is 0 Å². The van der Waals surface area contributed by atoms with Gasteiger partial charge in [-0.15, -0.1) is 0 Å². The third-order valence-corrected chi connectivity index (χ3v) is 4.89. The van der Waals surface area contributed by atoms with Gasteiger partial charge in [0, 0.05) is 23.6 Å². The van der Waals surface area contributed by atoms with Gasteiger partial charge in [-0.1, -0.05) is 75.9 Å². The summed E-state index contributed by atoms with van der Waals surface area (Å²) in [6, 6.07) is 10.8. The van der Waals surface area contributed by atoms with Gasteiger partial charge in [0.1, 0.15) is 5.75 Å². The maximum Gasteiger partial charge on any atom is 0.437 e. The molecule has 1 aromatic heterocycles. The zero-order valence-electron chi connectivity index (χ0n) is 18.6. The second kappa shape index (κ2) is 15.9. The quantitative estimate of drug-likeness (QED) is 0.145. The highest BCUT2D eigenvalue weighted by atomic mass is 16.7. The summed E-state index contributed by atoms with van der Waals surface area (Å²) in [7, 11) is 0. The Hall–Kier alpha value is -2.89. The first kappa shape index (κ1) is 24.4. The normalized spacial score (nSPS) is 10.9. The van der Waals surface area contributed by atoms with E-state index in [-0.39, 0.29) is 0 Å². The number of oxime groups is 1. The van der Waals surface area contributed by atoms with Gasteiger partial charge in [0.05, 0.1) is 12.8 Å². The molecule has 1 N–H and O–H groups in total. The Morgan fingerprint density at radius 1 is 0.968 bits per heavy atom. The second-order valence-corrected chi connectivity index (χ2v) is 7.58. The number of amides is 1. The molecule has 168 valence electrons. The Labute approximate surface area is 186 Å². The molecule has 6 heteroatoms. The molecular formula is C25H35N3O3. The number of pyridine rings is 1. The molecule has 0 bridgehead atoms. The number of nitrogens with one attached hydrogen (secondary N) is 1. The molecular weight excluding hydrogens is 390 g/mol. The van der Waals surface area contributed by atoms with Crippen LogP contribution in [-0.4, -0.2) is 23.9 Å². The van der Waals surface area contributed by atoms with E-state index in [0.29, 0.717) is 12.3 Å². The number of nitrogens with zero attached hydrogens (tertiary/aromatic N) is 2. The van der Waals surface area contributed by atoms with Crippen molar-refractivity contribution in [3.05, 3.63) is 54.4 Å². The average molecular weight is 426 g/mol. The van der Waals surface area contributed by atoms with E-state index in [2.05, 4.69) is 22.4 Å². The predicted molar refractivity (Wildman–Crippen MR) is 126 cm³/mol. The van der Waals surface area contributed by atoms with Gasteiger partial charge in [-0.2, -0.15) is 0 Å². The fourth-order valence-electron chi connectivity index (χ4n) is 3.14. The van der Waals surface area contributed by atoms with Crippen LogP contribution in [0.5, 0.6) is 5.75 Å². The van der Waals surface area contributed by atoms with Gasteiger partial charge >= 0.3 is 6.09 Å². The standard InChI is InChI=1S/C25H35N3O3/c1-2-3-4-5-6-7-8-9-10-11-19-30-24-16-14-23(15-17-24)28-25(29)31-27-21-22-13-12-18-26-20-22/h12-18,20-21H,2-11,19H2,1H3,(H,28,29). The van der Waals surface area contributed by atoms with E-state index in [1.807, 2.05) is 18.2 Å². The molecule has 0 spiro atoms. The van der Waals surface area contributed by atoms with Crippen LogP contribution < -0.4 is 10.1 Å². The monoisotopic (exact) mass is 425 g/mol. The molecule has 0 aliphatic rings. The number of hydrogen-bond donors (Lipinski definition) is 1. The molecule has 0 aliphatic heterocycles. The van der Waals surface area contributed by atoms with Crippen LogP contribution in [0.2, 0.25) is 0 Å². The summed E-state index contributed by atoms with van der Waals surface area (Å²) in [6.07, 6.45) is 17.1. The lowest BCUT2D eigenvalue weighted by Crippen LogP contribution is -2.10. The molecule has 1 heterocycles. The first-order valence-electron chi connectivity index (χ1n) is 11.4. The van der Waals surface area contributed by atoms with Gasteiger partial charge in [-0.3, -0.25) is 15.1 Å². The number of benzene rings is 1. The molecule has 1 aromatic carbocycles. The topological polar surface area (TPSA) is 72.8 Å². The summed E-state index contributed by atoms with van der Waals surface area (Å²) in [4.78, 5) is 20.5. The molecule has 6 nitrogen and oxygen atoms in total. The van der Waals surface area contributed by atoms with Crippen LogP contribution in [0.25, 0.3) is 0 Å². The number of carbonyl (C=O) groups is 1. The Morgan fingerprint density at radius 3 is 2.29 bits per heavy atom. The Balaban J connectivity index is 1.52. The highest BCUT2D eigenvalue weighted by molar-refractivity contribution is 5.85. The van der Waals surface area contributed by atoms with E-state index in [9.17, 15) is 4.79 Å². The minimum absolute atomic E-state index is 0.618. The van der Waals surface area contributed by atoms with Crippen molar-refractivity contribution in [2.75, 3.05) is 11.9 Å². The molecule has 2 aromatic rings. The average Bonchev–Trinajstić information content (AvgIpc) is 2.79. The van der Waals surface area contributed by atoms with Gasteiger partial charge in [0.15, 0.2) is 0 Å². The molecule has 31 heavy (non-hydrogen) atoms. The van der Waals surface area contributed by atoms with Crippen LogP contribution in [0.1, 0.15) is 76.7 Å². The number of ether oxygens (including phenoxy) is 1. The minimum atomic E-state index is -0.654. The SMILES string of the molecule is CCCCCCCCCCCCOc1ccc(NC(=O)ON=Cc2cccnc2)cc1.